The zero-order valence-electron chi connectivity index (χ0n) is 12.8. The van der Waals surface area contributed by atoms with Gasteiger partial charge in [-0.15, -0.1) is 0 Å². The van der Waals surface area contributed by atoms with Gasteiger partial charge in [-0.3, -0.25) is 0 Å². The predicted octanol–water partition coefficient (Wildman–Crippen LogP) is 3.41. The van der Waals surface area contributed by atoms with Crippen molar-refractivity contribution in [3.8, 4) is 0 Å². The molecule has 4 nitrogen and oxygen atoms in total. The minimum absolute atomic E-state index is 0.344. The van der Waals surface area contributed by atoms with Crippen molar-refractivity contribution < 1.29 is 9.90 Å². The van der Waals surface area contributed by atoms with Gasteiger partial charge in [0.25, 0.3) is 0 Å². The van der Waals surface area contributed by atoms with Crippen LogP contribution in [-0.2, 0) is 0 Å². The van der Waals surface area contributed by atoms with E-state index in [-0.39, 0.29) is 0 Å². The summed E-state index contributed by atoms with van der Waals surface area (Å²) >= 11 is 0. The lowest BCUT2D eigenvalue weighted by Gasteiger charge is -2.35. The van der Waals surface area contributed by atoms with Gasteiger partial charge in [0.1, 0.15) is 11.4 Å². The summed E-state index contributed by atoms with van der Waals surface area (Å²) in [4.78, 5) is 18.1. The van der Waals surface area contributed by atoms with Crippen LogP contribution in [0, 0.1) is 19.8 Å². The highest BCUT2D eigenvalue weighted by Crippen LogP contribution is 2.31. The third-order valence-corrected chi connectivity index (χ3v) is 4.41. The molecule has 0 radical (unpaired) electrons. The van der Waals surface area contributed by atoms with Crippen LogP contribution in [0.1, 0.15) is 54.2 Å². The molecule has 1 saturated carbocycles. The molecule has 1 heterocycles. The van der Waals surface area contributed by atoms with Crippen molar-refractivity contribution in [2.45, 2.75) is 52.5 Å². The Morgan fingerprint density at radius 2 is 1.90 bits per heavy atom. The van der Waals surface area contributed by atoms with Crippen LogP contribution in [0.2, 0.25) is 0 Å². The Labute approximate surface area is 120 Å². The first kappa shape index (κ1) is 14.8. The number of pyridine rings is 1. The van der Waals surface area contributed by atoms with Crippen LogP contribution in [-0.4, -0.2) is 29.1 Å². The first-order chi connectivity index (χ1) is 9.40. The molecule has 1 N–H and O–H groups in total. The molecular weight excluding hydrogens is 252 g/mol. The molecule has 1 fully saturated rings. The fraction of sp³-hybridized carbons (Fsp3) is 0.625. The monoisotopic (exact) mass is 276 g/mol. The maximum Gasteiger partial charge on any atom is 0.339 e. The van der Waals surface area contributed by atoms with Crippen molar-refractivity contribution in [2.24, 2.45) is 5.92 Å². The number of hydrogen-bond acceptors (Lipinski definition) is 3. The van der Waals surface area contributed by atoms with Crippen LogP contribution < -0.4 is 4.90 Å². The highest BCUT2D eigenvalue weighted by Gasteiger charge is 2.26. The maximum atomic E-state index is 11.5. The molecular formula is C16H24N2O2. The van der Waals surface area contributed by atoms with Gasteiger partial charge in [0, 0.05) is 18.8 Å². The van der Waals surface area contributed by atoms with Crippen LogP contribution in [0.25, 0.3) is 0 Å². The molecule has 110 valence electrons. The minimum Gasteiger partial charge on any atom is -0.478 e. The lowest BCUT2D eigenvalue weighted by Crippen LogP contribution is -2.36. The summed E-state index contributed by atoms with van der Waals surface area (Å²) in [5.74, 6) is 0.515. The van der Waals surface area contributed by atoms with Crippen molar-refractivity contribution in [2.75, 3.05) is 11.9 Å². The normalized spacial score (nSPS) is 22.6. The molecule has 0 aromatic carbocycles. The number of carboxylic acid groups (broad SMARTS) is 1. The summed E-state index contributed by atoms with van der Waals surface area (Å²) in [6, 6.07) is 2.24. The Balaban J connectivity index is 2.33. The van der Waals surface area contributed by atoms with E-state index in [0.29, 0.717) is 17.4 Å². The first-order valence-electron chi connectivity index (χ1n) is 7.34. The Morgan fingerprint density at radius 3 is 2.45 bits per heavy atom. The molecule has 1 aromatic rings. The van der Waals surface area contributed by atoms with Crippen molar-refractivity contribution in [3.63, 3.8) is 0 Å². The van der Waals surface area contributed by atoms with E-state index in [4.69, 9.17) is 0 Å². The molecule has 1 aliphatic rings. The first-order valence-corrected chi connectivity index (χ1v) is 7.34. The summed E-state index contributed by atoms with van der Waals surface area (Å²) in [7, 11) is 1.98. The van der Waals surface area contributed by atoms with E-state index in [1.807, 2.05) is 27.0 Å². The number of carboxylic acids is 1. The number of rotatable bonds is 3. The van der Waals surface area contributed by atoms with E-state index in [1.165, 1.54) is 12.8 Å². The van der Waals surface area contributed by atoms with E-state index in [9.17, 15) is 9.90 Å². The van der Waals surface area contributed by atoms with Crippen LogP contribution in [0.15, 0.2) is 6.07 Å². The van der Waals surface area contributed by atoms with E-state index in [2.05, 4.69) is 16.8 Å². The molecule has 2 rings (SSSR count). The molecule has 1 aliphatic carbocycles. The second-order valence-corrected chi connectivity index (χ2v) is 6.11. The molecule has 4 heteroatoms. The van der Waals surface area contributed by atoms with Gasteiger partial charge in [-0.2, -0.15) is 0 Å². The molecule has 1 aromatic heterocycles. The largest absolute Gasteiger partial charge is 0.478 e. The molecule has 0 unspecified atom stereocenters. The Hall–Kier alpha value is -1.58. The van der Waals surface area contributed by atoms with E-state index in [1.54, 1.807) is 0 Å². The quantitative estimate of drug-likeness (QED) is 0.919. The van der Waals surface area contributed by atoms with Crippen molar-refractivity contribution in [1.82, 2.24) is 4.98 Å². The lowest BCUT2D eigenvalue weighted by molar-refractivity contribution is 0.0696. The van der Waals surface area contributed by atoms with Gasteiger partial charge >= 0.3 is 5.97 Å². The SMILES string of the molecule is Cc1cc(C)c(C(=O)O)c(N(C)C2CCC(C)CC2)n1. The van der Waals surface area contributed by atoms with Gasteiger partial charge in [0.2, 0.25) is 0 Å². The number of nitrogens with zero attached hydrogens (tertiary/aromatic N) is 2. The average Bonchev–Trinajstić information content (AvgIpc) is 2.37. The Morgan fingerprint density at radius 1 is 1.30 bits per heavy atom. The summed E-state index contributed by atoms with van der Waals surface area (Å²) in [6.45, 7) is 6.05. The van der Waals surface area contributed by atoms with Crippen LogP contribution in [0.4, 0.5) is 5.82 Å². The lowest BCUT2D eigenvalue weighted by atomic mass is 9.86. The van der Waals surface area contributed by atoms with Crippen molar-refractivity contribution in [1.29, 1.82) is 0 Å². The van der Waals surface area contributed by atoms with Crippen LogP contribution in [0.5, 0.6) is 0 Å². The summed E-state index contributed by atoms with van der Waals surface area (Å²) in [6.07, 6.45) is 4.65. The fourth-order valence-electron chi connectivity index (χ4n) is 3.14. The maximum absolute atomic E-state index is 11.5. The predicted molar refractivity (Wildman–Crippen MR) is 80.5 cm³/mol. The second kappa shape index (κ2) is 5.81. The third kappa shape index (κ3) is 2.94. The highest BCUT2D eigenvalue weighted by molar-refractivity contribution is 5.95. The number of aromatic carboxylic acids is 1. The molecule has 0 atom stereocenters. The van der Waals surface area contributed by atoms with Gasteiger partial charge in [-0.05, 0) is 57.1 Å². The number of aryl methyl sites for hydroxylation is 2. The van der Waals surface area contributed by atoms with Crippen molar-refractivity contribution in [3.05, 3.63) is 22.9 Å². The smallest absolute Gasteiger partial charge is 0.339 e. The van der Waals surface area contributed by atoms with Gasteiger partial charge < -0.3 is 10.0 Å². The Bertz CT molecular complexity index is 505. The molecule has 0 amide bonds. The zero-order valence-corrected chi connectivity index (χ0v) is 12.8. The van der Waals surface area contributed by atoms with Gasteiger partial charge in [-0.25, -0.2) is 9.78 Å². The zero-order chi connectivity index (χ0) is 14.9. The highest BCUT2D eigenvalue weighted by atomic mass is 16.4. The van der Waals surface area contributed by atoms with Gasteiger partial charge in [0.05, 0.1) is 0 Å². The molecule has 0 spiro atoms. The summed E-state index contributed by atoms with van der Waals surface area (Å²) in [5, 5.41) is 9.46. The second-order valence-electron chi connectivity index (χ2n) is 6.11. The van der Waals surface area contributed by atoms with E-state index >= 15 is 0 Å². The van der Waals surface area contributed by atoms with Crippen LogP contribution in [0.3, 0.4) is 0 Å². The van der Waals surface area contributed by atoms with E-state index < -0.39 is 5.97 Å². The van der Waals surface area contributed by atoms with Gasteiger partial charge in [0.15, 0.2) is 0 Å². The third-order valence-electron chi connectivity index (χ3n) is 4.41. The number of carbonyl (C=O) groups is 1. The Kier molecular flexibility index (Phi) is 4.31. The number of aromatic nitrogens is 1. The topological polar surface area (TPSA) is 53.4 Å². The summed E-state index contributed by atoms with van der Waals surface area (Å²) < 4.78 is 0. The standard InChI is InChI=1S/C16H24N2O2/c1-10-5-7-13(8-6-10)18(4)15-14(16(19)20)11(2)9-12(3)17-15/h9-10,13H,5-8H2,1-4H3,(H,19,20). The minimum atomic E-state index is -0.888. The fourth-order valence-corrected chi connectivity index (χ4v) is 3.14. The molecule has 0 bridgehead atoms. The average molecular weight is 276 g/mol. The van der Waals surface area contributed by atoms with Crippen LogP contribution >= 0.6 is 0 Å². The van der Waals surface area contributed by atoms with Gasteiger partial charge in [-0.1, -0.05) is 6.92 Å². The number of hydrogen-bond donors (Lipinski definition) is 1. The summed E-state index contributed by atoms with van der Waals surface area (Å²) in [5.41, 5.74) is 2.01. The number of anilines is 1. The van der Waals surface area contributed by atoms with E-state index in [0.717, 1.165) is 30.0 Å². The molecule has 0 aliphatic heterocycles. The molecule has 20 heavy (non-hydrogen) atoms. The van der Waals surface area contributed by atoms with Crippen molar-refractivity contribution >= 4 is 11.8 Å². The molecule has 0 saturated heterocycles.